The molecular formula is C11H9ClN4S2. The standard InChI is InChI=1S/C11H9ClN4S2/c1-16-9-5-3-2-4-7(9)13-11(16)17-6-8-10(12)18-15-14-8/h2-5H,6H2,1H3. The number of para-hydroxylation sites is 2. The SMILES string of the molecule is Cn1c(SCc2nnsc2Cl)nc2ccccc21. The highest BCUT2D eigenvalue weighted by atomic mass is 35.5. The van der Waals surface area contributed by atoms with E-state index in [2.05, 4.69) is 25.2 Å². The molecule has 0 unspecified atom stereocenters. The van der Waals surface area contributed by atoms with Crippen LogP contribution in [0.25, 0.3) is 11.0 Å². The van der Waals surface area contributed by atoms with Crippen LogP contribution < -0.4 is 0 Å². The van der Waals surface area contributed by atoms with Crippen LogP contribution in [-0.4, -0.2) is 19.1 Å². The van der Waals surface area contributed by atoms with Crippen LogP contribution in [0.15, 0.2) is 29.4 Å². The lowest BCUT2D eigenvalue weighted by atomic mass is 10.3. The molecule has 92 valence electrons. The Hall–Kier alpha value is -1.11. The number of aromatic nitrogens is 4. The predicted octanol–water partition coefficient (Wildman–Crippen LogP) is 3.37. The number of hydrogen-bond acceptors (Lipinski definition) is 5. The van der Waals surface area contributed by atoms with Crippen LogP contribution in [0.3, 0.4) is 0 Å². The Morgan fingerprint density at radius 1 is 1.39 bits per heavy atom. The van der Waals surface area contributed by atoms with E-state index in [1.165, 1.54) is 11.5 Å². The van der Waals surface area contributed by atoms with Crippen LogP contribution in [-0.2, 0) is 12.8 Å². The summed E-state index contributed by atoms with van der Waals surface area (Å²) in [5.74, 6) is 0.687. The Morgan fingerprint density at radius 2 is 2.22 bits per heavy atom. The first kappa shape index (κ1) is 12.0. The molecule has 0 bridgehead atoms. The highest BCUT2D eigenvalue weighted by molar-refractivity contribution is 7.98. The lowest BCUT2D eigenvalue weighted by molar-refractivity contribution is 0.814. The fraction of sp³-hybridized carbons (Fsp3) is 0.182. The lowest BCUT2D eigenvalue weighted by Crippen LogP contribution is -1.91. The van der Waals surface area contributed by atoms with Crippen LogP contribution in [0.5, 0.6) is 0 Å². The highest BCUT2D eigenvalue weighted by Gasteiger charge is 2.10. The van der Waals surface area contributed by atoms with E-state index in [9.17, 15) is 0 Å². The molecule has 0 atom stereocenters. The summed E-state index contributed by atoms with van der Waals surface area (Å²) in [6.45, 7) is 0. The van der Waals surface area contributed by atoms with Gasteiger partial charge >= 0.3 is 0 Å². The molecule has 2 heterocycles. The summed E-state index contributed by atoms with van der Waals surface area (Å²) in [6.07, 6.45) is 0. The van der Waals surface area contributed by atoms with E-state index in [0.29, 0.717) is 10.1 Å². The third-order valence-electron chi connectivity index (χ3n) is 2.59. The number of fused-ring (bicyclic) bond motifs is 1. The van der Waals surface area contributed by atoms with E-state index in [0.717, 1.165) is 21.9 Å². The molecule has 18 heavy (non-hydrogen) atoms. The second-order valence-corrected chi connectivity index (χ2v) is 6.02. The minimum absolute atomic E-state index is 0.654. The molecule has 3 aromatic rings. The molecular weight excluding hydrogens is 288 g/mol. The zero-order valence-electron chi connectivity index (χ0n) is 9.50. The molecule has 0 aliphatic rings. The molecule has 0 fully saturated rings. The highest BCUT2D eigenvalue weighted by Crippen LogP contribution is 2.28. The average molecular weight is 297 g/mol. The Bertz CT molecular complexity index is 691. The molecule has 2 aromatic heterocycles. The average Bonchev–Trinajstić information content (AvgIpc) is 2.92. The minimum atomic E-state index is 0.654. The number of halogens is 1. The van der Waals surface area contributed by atoms with Crippen molar-refractivity contribution in [2.75, 3.05) is 0 Å². The van der Waals surface area contributed by atoms with Gasteiger partial charge in [-0.15, -0.1) is 5.10 Å². The summed E-state index contributed by atoms with van der Waals surface area (Å²) in [7, 11) is 2.01. The molecule has 0 N–H and O–H groups in total. The summed E-state index contributed by atoms with van der Waals surface area (Å²) >= 11 is 8.81. The molecule has 0 amide bonds. The van der Waals surface area contributed by atoms with Gasteiger partial charge in [0.1, 0.15) is 10.0 Å². The number of aryl methyl sites for hydroxylation is 1. The van der Waals surface area contributed by atoms with Gasteiger partial charge in [0, 0.05) is 24.3 Å². The normalized spacial score (nSPS) is 11.2. The van der Waals surface area contributed by atoms with Gasteiger partial charge in [-0.1, -0.05) is 40.0 Å². The van der Waals surface area contributed by atoms with Crippen LogP contribution in [0.1, 0.15) is 5.69 Å². The van der Waals surface area contributed by atoms with Gasteiger partial charge in [-0.25, -0.2) is 4.98 Å². The summed E-state index contributed by atoms with van der Waals surface area (Å²) in [5, 5.41) is 4.95. The van der Waals surface area contributed by atoms with Crippen LogP contribution >= 0.6 is 34.9 Å². The van der Waals surface area contributed by atoms with Crippen LogP contribution in [0.2, 0.25) is 4.34 Å². The van der Waals surface area contributed by atoms with Crippen molar-refractivity contribution in [2.24, 2.45) is 7.05 Å². The lowest BCUT2D eigenvalue weighted by Gasteiger charge is -2.00. The first-order valence-electron chi connectivity index (χ1n) is 5.26. The number of imidazole rings is 1. The van der Waals surface area contributed by atoms with Crippen molar-refractivity contribution in [1.29, 1.82) is 0 Å². The van der Waals surface area contributed by atoms with Gasteiger partial charge in [0.2, 0.25) is 0 Å². The van der Waals surface area contributed by atoms with Gasteiger partial charge in [0.25, 0.3) is 0 Å². The minimum Gasteiger partial charge on any atom is -0.322 e. The van der Waals surface area contributed by atoms with Gasteiger partial charge in [-0.05, 0) is 12.1 Å². The smallest absolute Gasteiger partial charge is 0.169 e. The van der Waals surface area contributed by atoms with Gasteiger partial charge < -0.3 is 4.57 Å². The first-order chi connectivity index (χ1) is 8.75. The summed E-state index contributed by atoms with van der Waals surface area (Å²) < 4.78 is 6.55. The zero-order valence-corrected chi connectivity index (χ0v) is 11.9. The van der Waals surface area contributed by atoms with Gasteiger partial charge in [0.15, 0.2) is 5.16 Å². The maximum absolute atomic E-state index is 5.98. The fourth-order valence-corrected chi connectivity index (χ4v) is 3.39. The van der Waals surface area contributed by atoms with Crippen molar-refractivity contribution in [2.45, 2.75) is 10.9 Å². The molecule has 0 saturated heterocycles. The summed E-state index contributed by atoms with van der Waals surface area (Å²) in [5.41, 5.74) is 2.95. The maximum Gasteiger partial charge on any atom is 0.169 e. The third kappa shape index (κ3) is 2.11. The number of hydrogen-bond donors (Lipinski definition) is 0. The third-order valence-corrected chi connectivity index (χ3v) is 4.62. The Morgan fingerprint density at radius 3 is 2.94 bits per heavy atom. The monoisotopic (exact) mass is 296 g/mol. The second-order valence-electron chi connectivity index (χ2n) is 3.72. The van der Waals surface area contributed by atoms with E-state index in [1.807, 2.05) is 25.2 Å². The second kappa shape index (κ2) is 4.87. The Labute approximate surface area is 117 Å². The van der Waals surface area contributed by atoms with Crippen molar-refractivity contribution in [3.8, 4) is 0 Å². The van der Waals surface area contributed by atoms with Crippen molar-refractivity contribution in [3.05, 3.63) is 34.3 Å². The number of thioether (sulfide) groups is 1. The molecule has 7 heteroatoms. The van der Waals surface area contributed by atoms with E-state index < -0.39 is 0 Å². The molecule has 0 aliphatic heterocycles. The molecule has 0 saturated carbocycles. The van der Waals surface area contributed by atoms with Gasteiger partial charge in [-0.2, -0.15) is 0 Å². The van der Waals surface area contributed by atoms with Crippen molar-refractivity contribution < 1.29 is 0 Å². The number of nitrogens with zero attached hydrogens (tertiary/aromatic N) is 4. The molecule has 4 nitrogen and oxygen atoms in total. The predicted molar refractivity (Wildman–Crippen MR) is 75.2 cm³/mol. The van der Waals surface area contributed by atoms with Gasteiger partial charge in [0.05, 0.1) is 11.0 Å². The van der Waals surface area contributed by atoms with Gasteiger partial charge in [-0.3, -0.25) is 0 Å². The number of benzene rings is 1. The fourth-order valence-electron chi connectivity index (χ4n) is 1.67. The van der Waals surface area contributed by atoms with Crippen molar-refractivity contribution in [3.63, 3.8) is 0 Å². The van der Waals surface area contributed by atoms with E-state index in [-0.39, 0.29) is 0 Å². The summed E-state index contributed by atoms with van der Waals surface area (Å²) in [4.78, 5) is 4.58. The molecule has 0 spiro atoms. The summed E-state index contributed by atoms with van der Waals surface area (Å²) in [6, 6.07) is 8.07. The number of rotatable bonds is 3. The quantitative estimate of drug-likeness (QED) is 0.695. The van der Waals surface area contributed by atoms with Crippen molar-refractivity contribution >= 4 is 45.9 Å². The zero-order chi connectivity index (χ0) is 12.5. The van der Waals surface area contributed by atoms with E-state index in [1.54, 1.807) is 11.8 Å². The van der Waals surface area contributed by atoms with E-state index >= 15 is 0 Å². The Kier molecular flexibility index (Phi) is 3.23. The van der Waals surface area contributed by atoms with Crippen LogP contribution in [0.4, 0.5) is 0 Å². The molecule has 0 radical (unpaired) electrons. The topological polar surface area (TPSA) is 43.6 Å². The largest absolute Gasteiger partial charge is 0.322 e. The first-order valence-corrected chi connectivity index (χ1v) is 7.40. The van der Waals surface area contributed by atoms with E-state index in [4.69, 9.17) is 11.6 Å². The molecule has 0 aliphatic carbocycles. The Balaban J connectivity index is 1.87. The molecule has 1 aromatic carbocycles. The van der Waals surface area contributed by atoms with Crippen molar-refractivity contribution in [1.82, 2.24) is 19.1 Å². The van der Waals surface area contributed by atoms with Crippen LogP contribution in [0, 0.1) is 0 Å². The molecule has 3 rings (SSSR count). The maximum atomic E-state index is 5.98.